The first kappa shape index (κ1) is 55.3. The van der Waals surface area contributed by atoms with Crippen LogP contribution in [0.1, 0.15) is 76.0 Å². The molecule has 4 aromatic rings. The molecule has 0 aliphatic heterocycles. The summed E-state index contributed by atoms with van der Waals surface area (Å²) in [5, 5.41) is 23.4. The summed E-state index contributed by atoms with van der Waals surface area (Å²) in [7, 11) is -3.37. The standard InChI is InChI=1S/C48H62N8O13S/c1-5-6-15-36(52-41(57)22-19-30-17-20-33(21-18-30)69-70(66,67)68)45(62)51-28-42(58)53-39(25-32-27-50-35-16-11-10-14-34(32)35)48(65)56(4)40(23-29(2)3)47(64)55-38(26-43(59)60)46(63)54-37(44(49)61)24-31-12-8-7-9-13-31/h7-14,16-18,20-21,27,29,36-40,50H,5-6,15,19,22-26,28H2,1-4H3,(H2,49,61)(H,51,62)(H,52,57)(H,53,58)(H,54,63)(H,55,64)(H,59,60)(H,66,67,68)/t36-,37-,38-,39-,40-/m0/s1. The quantitative estimate of drug-likeness (QED) is 0.0368. The van der Waals surface area contributed by atoms with E-state index in [2.05, 4.69) is 35.8 Å². The van der Waals surface area contributed by atoms with Gasteiger partial charge in [0.05, 0.1) is 13.0 Å². The molecule has 0 aliphatic carbocycles. The number of nitrogens with one attached hydrogen (secondary N) is 6. The molecule has 0 spiro atoms. The molecule has 0 bridgehead atoms. The van der Waals surface area contributed by atoms with E-state index >= 15 is 0 Å². The molecular formula is C48H62N8O13S. The van der Waals surface area contributed by atoms with Crippen LogP contribution in [0.15, 0.2) is 85.1 Å². The van der Waals surface area contributed by atoms with E-state index in [1.165, 1.54) is 31.3 Å². The number of rotatable bonds is 28. The van der Waals surface area contributed by atoms with Crippen molar-refractivity contribution in [1.82, 2.24) is 36.5 Å². The topological polar surface area (TPSA) is 326 Å². The number of benzene rings is 3. The molecule has 1 heterocycles. The number of hydrogen-bond donors (Lipinski definition) is 9. The molecule has 5 atom stereocenters. The summed E-state index contributed by atoms with van der Waals surface area (Å²) < 4.78 is 35.3. The van der Waals surface area contributed by atoms with E-state index in [1.54, 1.807) is 56.4 Å². The number of aliphatic carboxylic acids is 1. The lowest BCUT2D eigenvalue weighted by Crippen LogP contribution is -2.59. The molecule has 10 N–H and O–H groups in total. The van der Waals surface area contributed by atoms with Gasteiger partial charge in [-0.25, -0.2) is 0 Å². The maximum Gasteiger partial charge on any atom is 0.446 e. The van der Waals surface area contributed by atoms with Crippen molar-refractivity contribution in [2.45, 2.75) is 109 Å². The van der Waals surface area contributed by atoms with Crippen LogP contribution in [-0.2, 0) is 68.0 Å². The number of fused-ring (bicyclic) bond motifs is 1. The van der Waals surface area contributed by atoms with Gasteiger partial charge in [0, 0.05) is 43.4 Å². The third-order valence-corrected chi connectivity index (χ3v) is 11.6. The fourth-order valence-corrected chi connectivity index (χ4v) is 7.93. The van der Waals surface area contributed by atoms with Gasteiger partial charge in [-0.3, -0.25) is 42.9 Å². The molecule has 0 fully saturated rings. The van der Waals surface area contributed by atoms with Crippen LogP contribution in [0.4, 0.5) is 0 Å². The number of carbonyl (C=O) groups excluding carboxylic acids is 7. The summed E-state index contributed by atoms with van der Waals surface area (Å²) >= 11 is 0. The number of nitrogens with two attached hydrogens (primary N) is 1. The number of H-pyrrole nitrogens is 1. The summed E-state index contributed by atoms with van der Waals surface area (Å²) in [6.45, 7) is 4.88. The molecule has 378 valence electrons. The molecule has 0 aliphatic rings. The Morgan fingerprint density at radius 1 is 0.757 bits per heavy atom. The number of unbranched alkanes of at least 4 members (excludes halogenated alkanes) is 1. The zero-order chi connectivity index (χ0) is 51.5. The largest absolute Gasteiger partial charge is 0.481 e. The fraction of sp³-hybridized carbons (Fsp3) is 0.417. The number of aromatic amines is 1. The van der Waals surface area contributed by atoms with Crippen LogP contribution in [-0.4, -0.2) is 119 Å². The average Bonchev–Trinajstić information content (AvgIpc) is 3.71. The van der Waals surface area contributed by atoms with E-state index in [9.17, 15) is 51.9 Å². The summed E-state index contributed by atoms with van der Waals surface area (Å²) in [5.74, 6) is -7.17. The second-order valence-electron chi connectivity index (χ2n) is 17.2. The van der Waals surface area contributed by atoms with Crippen LogP contribution in [0.3, 0.4) is 0 Å². The highest BCUT2D eigenvalue weighted by Gasteiger charge is 2.36. The minimum absolute atomic E-state index is 0.00624. The number of likely N-dealkylation sites (N-methyl/N-ethyl adjacent to an activating group) is 1. The third-order valence-electron chi connectivity index (χ3n) is 11.2. The minimum atomic E-state index is -4.71. The van der Waals surface area contributed by atoms with Crippen molar-refractivity contribution in [2.24, 2.45) is 11.7 Å². The van der Waals surface area contributed by atoms with Gasteiger partial charge in [0.2, 0.25) is 41.4 Å². The fourth-order valence-electron chi connectivity index (χ4n) is 7.57. The Bertz CT molecular complexity index is 2570. The van der Waals surface area contributed by atoms with Gasteiger partial charge < -0.3 is 51.5 Å². The van der Waals surface area contributed by atoms with Crippen molar-refractivity contribution >= 4 is 68.6 Å². The zero-order valence-electron chi connectivity index (χ0n) is 39.4. The summed E-state index contributed by atoms with van der Waals surface area (Å²) in [4.78, 5) is 111. The number of aromatic nitrogens is 1. The predicted molar refractivity (Wildman–Crippen MR) is 257 cm³/mol. The molecule has 7 amide bonds. The summed E-state index contributed by atoms with van der Waals surface area (Å²) in [6, 6.07) is 15.0. The minimum Gasteiger partial charge on any atom is -0.481 e. The SMILES string of the molecule is CCCC[C@H](NC(=O)CCc1ccc(OS(=O)(=O)O)cc1)C(=O)NCC(=O)N[C@@H](Cc1c[nH]c2ccccc12)C(=O)N(C)[C@@H](CC(C)C)C(=O)N[C@@H](CC(=O)O)C(=O)N[C@@H](Cc1ccccc1)C(N)=O. The van der Waals surface area contributed by atoms with E-state index in [1.807, 2.05) is 25.1 Å². The highest BCUT2D eigenvalue weighted by Crippen LogP contribution is 2.21. The molecule has 3 aromatic carbocycles. The lowest BCUT2D eigenvalue weighted by atomic mass is 9.98. The summed E-state index contributed by atoms with van der Waals surface area (Å²) in [6.07, 6.45) is 2.43. The van der Waals surface area contributed by atoms with Crippen molar-refractivity contribution in [3.63, 3.8) is 0 Å². The Morgan fingerprint density at radius 2 is 1.40 bits per heavy atom. The van der Waals surface area contributed by atoms with E-state index in [-0.39, 0.29) is 50.2 Å². The van der Waals surface area contributed by atoms with Gasteiger partial charge in [0.15, 0.2) is 0 Å². The number of carbonyl (C=O) groups is 8. The van der Waals surface area contributed by atoms with E-state index in [4.69, 9.17) is 10.3 Å². The monoisotopic (exact) mass is 990 g/mol. The lowest BCUT2D eigenvalue weighted by Gasteiger charge is -2.33. The number of carboxylic acids is 1. The molecule has 0 saturated carbocycles. The molecule has 0 unspecified atom stereocenters. The smallest absolute Gasteiger partial charge is 0.446 e. The number of para-hydroxylation sites is 1. The number of hydrogen-bond acceptors (Lipinski definition) is 11. The third kappa shape index (κ3) is 18.0. The van der Waals surface area contributed by atoms with Gasteiger partial charge in [-0.1, -0.05) is 94.3 Å². The second-order valence-corrected chi connectivity index (χ2v) is 18.2. The Morgan fingerprint density at radius 3 is 2.03 bits per heavy atom. The molecule has 22 heteroatoms. The van der Waals surface area contributed by atoms with Gasteiger partial charge in [0.25, 0.3) is 0 Å². The molecular weight excluding hydrogens is 929 g/mol. The van der Waals surface area contributed by atoms with Crippen molar-refractivity contribution in [3.05, 3.63) is 102 Å². The molecule has 1 aromatic heterocycles. The number of carboxylic acid groups (broad SMARTS) is 1. The van der Waals surface area contributed by atoms with Gasteiger partial charge in [-0.2, -0.15) is 8.42 Å². The van der Waals surface area contributed by atoms with Crippen molar-refractivity contribution in [2.75, 3.05) is 13.6 Å². The maximum absolute atomic E-state index is 14.6. The van der Waals surface area contributed by atoms with E-state index in [0.717, 1.165) is 15.8 Å². The second kappa shape index (κ2) is 26.4. The lowest BCUT2D eigenvalue weighted by molar-refractivity contribution is -0.144. The first-order valence-corrected chi connectivity index (χ1v) is 24.1. The Kier molecular flexibility index (Phi) is 20.9. The molecule has 70 heavy (non-hydrogen) atoms. The molecule has 0 saturated heterocycles. The Hall–Kier alpha value is -7.33. The number of nitrogens with zero attached hydrogens (tertiary/aromatic N) is 1. The Balaban J connectivity index is 1.50. The highest BCUT2D eigenvalue weighted by atomic mass is 32.3. The van der Waals surface area contributed by atoms with Crippen LogP contribution in [0.25, 0.3) is 10.9 Å². The van der Waals surface area contributed by atoms with Gasteiger partial charge in [-0.15, -0.1) is 0 Å². The van der Waals surface area contributed by atoms with Crippen molar-refractivity contribution in [3.8, 4) is 5.75 Å². The van der Waals surface area contributed by atoms with Crippen LogP contribution in [0.2, 0.25) is 0 Å². The van der Waals surface area contributed by atoms with Crippen molar-refractivity contribution < 1.29 is 60.6 Å². The number of amides is 7. The van der Waals surface area contributed by atoms with E-state index in [0.29, 0.717) is 29.5 Å². The van der Waals surface area contributed by atoms with Gasteiger partial charge in [0.1, 0.15) is 36.0 Å². The first-order chi connectivity index (χ1) is 33.1. The predicted octanol–water partition coefficient (Wildman–Crippen LogP) is 1.85. The highest BCUT2D eigenvalue weighted by molar-refractivity contribution is 7.81. The van der Waals surface area contributed by atoms with E-state index < -0.39 is 101 Å². The van der Waals surface area contributed by atoms with Gasteiger partial charge in [-0.05, 0) is 60.1 Å². The van der Waals surface area contributed by atoms with Crippen LogP contribution in [0, 0.1) is 5.92 Å². The first-order valence-electron chi connectivity index (χ1n) is 22.7. The number of primary amides is 1. The average molecular weight is 991 g/mol. The molecule has 4 rings (SSSR count). The van der Waals surface area contributed by atoms with Crippen LogP contribution < -0.4 is 36.5 Å². The Labute approximate surface area is 406 Å². The molecule has 0 radical (unpaired) electrons. The zero-order valence-corrected chi connectivity index (χ0v) is 40.3. The van der Waals surface area contributed by atoms with Crippen molar-refractivity contribution in [1.29, 1.82) is 0 Å². The maximum atomic E-state index is 14.6. The van der Waals surface area contributed by atoms with Gasteiger partial charge >= 0.3 is 16.4 Å². The van der Waals surface area contributed by atoms with Crippen LogP contribution in [0.5, 0.6) is 5.75 Å². The summed E-state index contributed by atoms with van der Waals surface area (Å²) in [5.41, 5.74) is 8.28. The van der Waals surface area contributed by atoms with Crippen LogP contribution >= 0.6 is 0 Å². The number of aryl methyl sites for hydroxylation is 1. The molecule has 21 nitrogen and oxygen atoms in total. The normalized spacial score (nSPS) is 13.5.